The number of aromatic amines is 1. The van der Waals surface area contributed by atoms with Crippen molar-refractivity contribution in [2.75, 3.05) is 39.5 Å². The van der Waals surface area contributed by atoms with Crippen molar-refractivity contribution in [3.8, 4) is 17.3 Å². The Morgan fingerprint density at radius 1 is 1.25 bits per heavy atom. The number of nitrogens with zero attached hydrogens (tertiary/aromatic N) is 5. The van der Waals surface area contributed by atoms with E-state index in [2.05, 4.69) is 14.9 Å². The highest BCUT2D eigenvalue weighted by Gasteiger charge is 2.24. The van der Waals surface area contributed by atoms with Crippen LogP contribution in [0.15, 0.2) is 23.1 Å². The third-order valence-corrected chi connectivity index (χ3v) is 6.41. The molecule has 1 N–H and O–H groups in total. The van der Waals surface area contributed by atoms with Gasteiger partial charge in [0.15, 0.2) is 5.65 Å². The minimum Gasteiger partial charge on any atom is -0.476 e. The lowest BCUT2D eigenvalue weighted by Crippen LogP contribution is -2.38. The average molecular weight is 439 g/mol. The van der Waals surface area contributed by atoms with Gasteiger partial charge in [0.25, 0.3) is 5.56 Å². The molecule has 0 bridgehead atoms. The summed E-state index contributed by atoms with van der Waals surface area (Å²) < 4.78 is 13.3. The van der Waals surface area contributed by atoms with E-state index in [9.17, 15) is 4.79 Å². The molecule has 2 aliphatic rings. The van der Waals surface area contributed by atoms with E-state index in [-0.39, 0.29) is 5.56 Å². The van der Waals surface area contributed by atoms with Gasteiger partial charge in [-0.25, -0.2) is 14.6 Å². The van der Waals surface area contributed by atoms with Gasteiger partial charge in [-0.2, -0.15) is 5.10 Å². The Balaban J connectivity index is 1.41. The number of hydrogen-bond donors (Lipinski definition) is 1. The van der Waals surface area contributed by atoms with E-state index in [1.54, 1.807) is 6.20 Å². The highest BCUT2D eigenvalue weighted by molar-refractivity contribution is 5.79. The number of fused-ring (bicyclic) bond motifs is 1. The highest BCUT2D eigenvalue weighted by Crippen LogP contribution is 2.32. The van der Waals surface area contributed by atoms with E-state index in [0.717, 1.165) is 56.9 Å². The number of aromatic nitrogens is 5. The zero-order valence-corrected chi connectivity index (χ0v) is 18.5. The molecule has 1 saturated carbocycles. The molecule has 3 aromatic heterocycles. The van der Waals surface area contributed by atoms with Gasteiger partial charge in [0.05, 0.1) is 24.9 Å². The van der Waals surface area contributed by atoms with E-state index in [0.29, 0.717) is 41.8 Å². The lowest BCUT2D eigenvalue weighted by Gasteiger charge is -2.26. The molecule has 0 radical (unpaired) electrons. The average Bonchev–Trinajstić information content (AvgIpc) is 3.48. The van der Waals surface area contributed by atoms with E-state index >= 15 is 0 Å². The van der Waals surface area contributed by atoms with Crippen LogP contribution >= 0.6 is 0 Å². The summed E-state index contributed by atoms with van der Waals surface area (Å²) in [6.45, 7) is 6.80. The number of aryl methyl sites for hydroxylation is 1. The predicted octanol–water partition coefficient (Wildman–Crippen LogP) is 2.57. The fourth-order valence-corrected chi connectivity index (χ4v) is 4.64. The summed E-state index contributed by atoms with van der Waals surface area (Å²) in [5, 5.41) is 5.38. The normalized spacial score (nSPS) is 17.9. The van der Waals surface area contributed by atoms with Gasteiger partial charge >= 0.3 is 0 Å². The maximum atomic E-state index is 13.0. The minimum absolute atomic E-state index is 0.141. The number of nitrogens with one attached hydrogen (secondary N) is 1. The Morgan fingerprint density at radius 2 is 2.06 bits per heavy atom. The molecule has 0 spiro atoms. The summed E-state index contributed by atoms with van der Waals surface area (Å²) in [5.74, 6) is 1.04. The Labute approximate surface area is 186 Å². The van der Waals surface area contributed by atoms with Crippen LogP contribution < -0.4 is 10.3 Å². The van der Waals surface area contributed by atoms with Crippen LogP contribution in [0, 0.1) is 0 Å². The predicted molar refractivity (Wildman–Crippen MR) is 121 cm³/mol. The van der Waals surface area contributed by atoms with Gasteiger partial charge in [0, 0.05) is 37.5 Å². The second-order valence-electron chi connectivity index (χ2n) is 8.48. The first-order chi connectivity index (χ1) is 15.7. The van der Waals surface area contributed by atoms with E-state index in [1.165, 1.54) is 12.8 Å². The van der Waals surface area contributed by atoms with Crippen LogP contribution in [0.5, 0.6) is 5.88 Å². The van der Waals surface area contributed by atoms with Gasteiger partial charge < -0.3 is 14.5 Å². The van der Waals surface area contributed by atoms with Crippen molar-refractivity contribution in [1.29, 1.82) is 0 Å². The lowest BCUT2D eigenvalue weighted by atomic mass is 10.2. The summed E-state index contributed by atoms with van der Waals surface area (Å²) in [7, 11) is 0. The monoisotopic (exact) mass is 438 g/mol. The van der Waals surface area contributed by atoms with Crippen LogP contribution in [0.4, 0.5) is 0 Å². The van der Waals surface area contributed by atoms with Crippen LogP contribution in [0.25, 0.3) is 22.4 Å². The lowest BCUT2D eigenvalue weighted by molar-refractivity contribution is 0.0320. The zero-order valence-electron chi connectivity index (χ0n) is 18.5. The van der Waals surface area contributed by atoms with Gasteiger partial charge in [0.1, 0.15) is 17.8 Å². The third-order valence-electron chi connectivity index (χ3n) is 6.41. The molecule has 0 unspecified atom stereocenters. The molecule has 0 aromatic carbocycles. The van der Waals surface area contributed by atoms with Crippen molar-refractivity contribution in [1.82, 2.24) is 29.6 Å². The van der Waals surface area contributed by atoms with E-state index in [4.69, 9.17) is 19.6 Å². The van der Waals surface area contributed by atoms with Crippen LogP contribution in [0.1, 0.15) is 44.3 Å². The number of rotatable bonds is 7. The third kappa shape index (κ3) is 4.27. The fraction of sp³-hybridized carbons (Fsp3) is 0.565. The molecule has 170 valence electrons. The van der Waals surface area contributed by atoms with Gasteiger partial charge in [0.2, 0.25) is 5.88 Å². The Hall–Kier alpha value is -2.78. The first-order valence-corrected chi connectivity index (χ1v) is 11.6. The van der Waals surface area contributed by atoms with Crippen molar-refractivity contribution in [3.05, 3.63) is 34.4 Å². The molecular weight excluding hydrogens is 408 g/mol. The van der Waals surface area contributed by atoms with E-state index < -0.39 is 0 Å². The smallest absolute Gasteiger partial charge is 0.262 e. The zero-order chi connectivity index (χ0) is 21.9. The number of H-pyrrole nitrogens is 1. The summed E-state index contributed by atoms with van der Waals surface area (Å²) in [6, 6.07) is 3.99. The molecule has 0 atom stereocenters. The molecule has 1 aliphatic heterocycles. The molecule has 3 aromatic rings. The van der Waals surface area contributed by atoms with Crippen molar-refractivity contribution < 1.29 is 9.47 Å². The molecule has 9 heteroatoms. The number of pyridine rings is 1. The summed E-state index contributed by atoms with van der Waals surface area (Å²) >= 11 is 0. The quantitative estimate of drug-likeness (QED) is 0.605. The van der Waals surface area contributed by atoms with Crippen LogP contribution in [0.2, 0.25) is 0 Å². The topological polar surface area (TPSA) is 98.2 Å². The first-order valence-electron chi connectivity index (χ1n) is 11.6. The second kappa shape index (κ2) is 9.38. The minimum atomic E-state index is -0.141. The number of ether oxygens (including phenoxy) is 2. The molecule has 9 nitrogen and oxygen atoms in total. The molecule has 32 heavy (non-hydrogen) atoms. The van der Waals surface area contributed by atoms with Crippen molar-refractivity contribution in [2.24, 2.45) is 0 Å². The maximum absolute atomic E-state index is 13.0. The standard InChI is InChI=1S/C23H30N6O3/c1-2-18-20-22(29(27-18)17-5-3-4-6-17)25-21(26-23(20)30)16-7-8-24-19(15-16)32-14-11-28-9-12-31-13-10-28/h7-8,15,17H,2-6,9-14H2,1H3,(H,25,26,30). The molecule has 1 aliphatic carbocycles. The van der Waals surface area contributed by atoms with Gasteiger partial charge in [-0.1, -0.05) is 19.8 Å². The number of morpholine rings is 1. The van der Waals surface area contributed by atoms with Crippen LogP contribution in [-0.4, -0.2) is 69.1 Å². The molecular formula is C23H30N6O3. The second-order valence-corrected chi connectivity index (χ2v) is 8.48. The SMILES string of the molecule is CCc1nn(C2CCCC2)c2nc(-c3ccnc(OCCN4CCOCC4)c3)[nH]c(=O)c12. The van der Waals surface area contributed by atoms with Gasteiger partial charge in [-0.05, 0) is 25.3 Å². The largest absolute Gasteiger partial charge is 0.476 e. The molecule has 1 saturated heterocycles. The highest BCUT2D eigenvalue weighted by atomic mass is 16.5. The number of hydrogen-bond acceptors (Lipinski definition) is 7. The molecule has 5 rings (SSSR count). The summed E-state index contributed by atoms with van der Waals surface area (Å²) in [6.07, 6.45) is 6.95. The van der Waals surface area contributed by atoms with Crippen LogP contribution in [0.3, 0.4) is 0 Å². The summed E-state index contributed by atoms with van der Waals surface area (Å²) in [4.78, 5) is 27.5. The Bertz CT molecular complexity index is 1130. The van der Waals surface area contributed by atoms with Crippen LogP contribution in [-0.2, 0) is 11.2 Å². The van der Waals surface area contributed by atoms with Gasteiger partial charge in [-0.15, -0.1) is 0 Å². The molecule has 0 amide bonds. The van der Waals surface area contributed by atoms with Gasteiger partial charge in [-0.3, -0.25) is 9.69 Å². The van der Waals surface area contributed by atoms with Crippen molar-refractivity contribution in [2.45, 2.75) is 45.1 Å². The Morgan fingerprint density at radius 3 is 2.84 bits per heavy atom. The van der Waals surface area contributed by atoms with E-state index in [1.807, 2.05) is 23.7 Å². The summed E-state index contributed by atoms with van der Waals surface area (Å²) in [5.41, 5.74) is 2.13. The van der Waals surface area contributed by atoms with Crippen molar-refractivity contribution >= 4 is 11.0 Å². The Kier molecular flexibility index (Phi) is 6.18. The molecule has 2 fully saturated rings. The van der Waals surface area contributed by atoms with Crippen molar-refractivity contribution in [3.63, 3.8) is 0 Å². The first kappa shape index (κ1) is 21.1. The fourth-order valence-electron chi connectivity index (χ4n) is 4.64. The maximum Gasteiger partial charge on any atom is 0.262 e. The molecule has 4 heterocycles.